The van der Waals surface area contributed by atoms with Gasteiger partial charge in [-0.15, -0.1) is 0 Å². The Bertz CT molecular complexity index is 353. The zero-order valence-electron chi connectivity index (χ0n) is 10.6. The van der Waals surface area contributed by atoms with Gasteiger partial charge in [0, 0.05) is 13.1 Å². The minimum atomic E-state index is 0.864. The second-order valence-electron chi connectivity index (χ2n) is 5.19. The minimum absolute atomic E-state index is 0.864. The molecule has 16 heavy (non-hydrogen) atoms. The highest BCUT2D eigenvalue weighted by atomic mass is 15.1. The molecule has 0 atom stereocenters. The zero-order valence-corrected chi connectivity index (χ0v) is 10.6. The lowest BCUT2D eigenvalue weighted by Crippen LogP contribution is -2.33. The van der Waals surface area contributed by atoms with Gasteiger partial charge in [0.15, 0.2) is 0 Å². The lowest BCUT2D eigenvalue weighted by atomic mass is 9.97. The lowest BCUT2D eigenvalue weighted by Gasteiger charge is -2.34. The Balaban J connectivity index is 2.26. The number of nitrogens with zero attached hydrogens (tertiary/aromatic N) is 1. The molecular weight excluding hydrogens is 196 g/mol. The molecule has 1 fully saturated rings. The minimum Gasteiger partial charge on any atom is -0.397 e. The fourth-order valence-electron chi connectivity index (χ4n) is 2.66. The van der Waals surface area contributed by atoms with E-state index in [1.54, 1.807) is 0 Å². The van der Waals surface area contributed by atoms with Crippen molar-refractivity contribution in [2.45, 2.75) is 33.6 Å². The van der Waals surface area contributed by atoms with Crippen molar-refractivity contribution < 1.29 is 0 Å². The molecule has 0 saturated carbocycles. The van der Waals surface area contributed by atoms with E-state index in [0.29, 0.717) is 0 Å². The van der Waals surface area contributed by atoms with Crippen LogP contribution in [0.2, 0.25) is 0 Å². The number of rotatable bonds is 1. The molecule has 2 heteroatoms. The molecule has 2 N–H and O–H groups in total. The van der Waals surface area contributed by atoms with Crippen LogP contribution < -0.4 is 10.6 Å². The third-order valence-electron chi connectivity index (χ3n) is 3.57. The van der Waals surface area contributed by atoms with Gasteiger partial charge in [0.25, 0.3) is 0 Å². The third kappa shape index (κ3) is 2.16. The smallest absolute Gasteiger partial charge is 0.0629 e. The van der Waals surface area contributed by atoms with E-state index in [2.05, 4.69) is 37.8 Å². The molecule has 1 aliphatic rings. The van der Waals surface area contributed by atoms with Gasteiger partial charge in [0.1, 0.15) is 0 Å². The highest BCUT2D eigenvalue weighted by molar-refractivity contribution is 5.72. The Kier molecular flexibility index (Phi) is 3.08. The summed E-state index contributed by atoms with van der Waals surface area (Å²) in [4.78, 5) is 2.45. The van der Waals surface area contributed by atoms with Gasteiger partial charge in [-0.3, -0.25) is 0 Å². The topological polar surface area (TPSA) is 29.3 Å². The van der Waals surface area contributed by atoms with Crippen molar-refractivity contribution in [1.82, 2.24) is 0 Å². The van der Waals surface area contributed by atoms with E-state index < -0.39 is 0 Å². The van der Waals surface area contributed by atoms with Gasteiger partial charge in [0.05, 0.1) is 11.4 Å². The Hall–Kier alpha value is -1.18. The van der Waals surface area contributed by atoms with Gasteiger partial charge in [-0.2, -0.15) is 0 Å². The molecule has 1 aliphatic heterocycles. The SMILES string of the molecule is Cc1cc(C)c(N2CCC(C)CC2)c(N)c1. The molecule has 0 unspecified atom stereocenters. The first-order valence-corrected chi connectivity index (χ1v) is 6.19. The third-order valence-corrected chi connectivity index (χ3v) is 3.57. The first-order valence-electron chi connectivity index (χ1n) is 6.19. The van der Waals surface area contributed by atoms with Crippen LogP contribution in [0, 0.1) is 19.8 Å². The van der Waals surface area contributed by atoms with Crippen molar-refractivity contribution in [1.29, 1.82) is 0 Å². The molecule has 0 bridgehead atoms. The van der Waals surface area contributed by atoms with E-state index in [9.17, 15) is 0 Å². The number of hydrogen-bond donors (Lipinski definition) is 1. The summed E-state index contributed by atoms with van der Waals surface area (Å²) in [6, 6.07) is 4.31. The molecule has 1 aromatic carbocycles. The molecule has 1 saturated heterocycles. The summed E-state index contributed by atoms with van der Waals surface area (Å²) in [6.45, 7) is 8.90. The monoisotopic (exact) mass is 218 g/mol. The van der Waals surface area contributed by atoms with Crippen molar-refractivity contribution in [3.63, 3.8) is 0 Å². The molecule has 2 rings (SSSR count). The summed E-state index contributed by atoms with van der Waals surface area (Å²) >= 11 is 0. The summed E-state index contributed by atoms with van der Waals surface area (Å²) in [5.41, 5.74) is 10.9. The summed E-state index contributed by atoms with van der Waals surface area (Å²) in [5.74, 6) is 0.864. The first kappa shape index (κ1) is 11.3. The molecule has 2 nitrogen and oxygen atoms in total. The van der Waals surface area contributed by atoms with Crippen molar-refractivity contribution >= 4 is 11.4 Å². The summed E-state index contributed by atoms with van der Waals surface area (Å²) in [7, 11) is 0. The normalized spacial score (nSPS) is 17.8. The largest absolute Gasteiger partial charge is 0.397 e. The van der Waals surface area contributed by atoms with Crippen molar-refractivity contribution in [2.24, 2.45) is 5.92 Å². The van der Waals surface area contributed by atoms with Crippen LogP contribution in [0.5, 0.6) is 0 Å². The fraction of sp³-hybridized carbons (Fsp3) is 0.571. The highest BCUT2D eigenvalue weighted by Crippen LogP contribution is 2.32. The van der Waals surface area contributed by atoms with Gasteiger partial charge in [-0.05, 0) is 49.8 Å². The molecule has 0 aromatic heterocycles. The molecule has 0 spiro atoms. The first-order chi connectivity index (χ1) is 7.58. The standard InChI is InChI=1S/C14H22N2/c1-10-4-6-16(7-5-10)14-12(3)8-11(2)9-13(14)15/h8-10H,4-7,15H2,1-3H3. The summed E-state index contributed by atoms with van der Waals surface area (Å²) in [5, 5.41) is 0. The van der Waals surface area contributed by atoms with Crippen LogP contribution in [0.25, 0.3) is 0 Å². The summed E-state index contributed by atoms with van der Waals surface area (Å²) in [6.07, 6.45) is 2.57. The van der Waals surface area contributed by atoms with E-state index in [1.165, 1.54) is 29.7 Å². The Morgan fingerprint density at radius 3 is 2.38 bits per heavy atom. The maximum atomic E-state index is 6.15. The van der Waals surface area contributed by atoms with Crippen LogP contribution in [0.4, 0.5) is 11.4 Å². The molecule has 0 amide bonds. The van der Waals surface area contributed by atoms with Gasteiger partial charge < -0.3 is 10.6 Å². The van der Waals surface area contributed by atoms with Gasteiger partial charge in [-0.25, -0.2) is 0 Å². The van der Waals surface area contributed by atoms with Crippen LogP contribution in [0.3, 0.4) is 0 Å². The van der Waals surface area contributed by atoms with E-state index in [1.807, 2.05) is 0 Å². The van der Waals surface area contributed by atoms with Crippen LogP contribution >= 0.6 is 0 Å². The maximum Gasteiger partial charge on any atom is 0.0629 e. The van der Waals surface area contributed by atoms with Crippen LogP contribution in [0.1, 0.15) is 30.9 Å². The Morgan fingerprint density at radius 2 is 1.81 bits per heavy atom. The van der Waals surface area contributed by atoms with Crippen LogP contribution in [-0.2, 0) is 0 Å². The fourth-order valence-corrected chi connectivity index (χ4v) is 2.66. The highest BCUT2D eigenvalue weighted by Gasteiger charge is 2.19. The number of nitrogens with two attached hydrogens (primary N) is 1. The van der Waals surface area contributed by atoms with Crippen molar-refractivity contribution in [3.8, 4) is 0 Å². The molecule has 0 aliphatic carbocycles. The summed E-state index contributed by atoms with van der Waals surface area (Å²) < 4.78 is 0. The van der Waals surface area contributed by atoms with Crippen molar-refractivity contribution in [3.05, 3.63) is 23.3 Å². The van der Waals surface area contributed by atoms with Crippen LogP contribution in [0.15, 0.2) is 12.1 Å². The van der Waals surface area contributed by atoms with Crippen LogP contribution in [-0.4, -0.2) is 13.1 Å². The maximum absolute atomic E-state index is 6.15. The molecular formula is C14H22N2. The van der Waals surface area contributed by atoms with E-state index in [-0.39, 0.29) is 0 Å². The quantitative estimate of drug-likeness (QED) is 0.734. The van der Waals surface area contributed by atoms with Gasteiger partial charge >= 0.3 is 0 Å². The number of piperidine rings is 1. The lowest BCUT2D eigenvalue weighted by molar-refractivity contribution is 0.438. The molecule has 88 valence electrons. The van der Waals surface area contributed by atoms with Gasteiger partial charge in [-0.1, -0.05) is 13.0 Å². The molecule has 1 heterocycles. The zero-order chi connectivity index (χ0) is 11.7. The van der Waals surface area contributed by atoms with E-state index in [4.69, 9.17) is 5.73 Å². The second-order valence-corrected chi connectivity index (χ2v) is 5.19. The average molecular weight is 218 g/mol. The molecule has 0 radical (unpaired) electrons. The van der Waals surface area contributed by atoms with Gasteiger partial charge in [0.2, 0.25) is 0 Å². The number of benzene rings is 1. The van der Waals surface area contributed by atoms with E-state index in [0.717, 1.165) is 24.7 Å². The van der Waals surface area contributed by atoms with E-state index >= 15 is 0 Å². The Morgan fingerprint density at radius 1 is 1.19 bits per heavy atom. The van der Waals surface area contributed by atoms with Crippen molar-refractivity contribution in [2.75, 3.05) is 23.7 Å². The average Bonchev–Trinajstić information content (AvgIpc) is 2.19. The number of aryl methyl sites for hydroxylation is 2. The number of hydrogen-bond acceptors (Lipinski definition) is 2. The predicted molar refractivity (Wildman–Crippen MR) is 70.9 cm³/mol. The Labute approximate surface area is 98.4 Å². The predicted octanol–water partition coefficient (Wildman–Crippen LogP) is 3.12. The number of nitrogen functional groups attached to an aromatic ring is 1. The molecule has 1 aromatic rings. The number of anilines is 2. The second kappa shape index (κ2) is 4.36.